The molecule has 1 nitrogen and oxygen atoms in total. The van der Waals surface area contributed by atoms with Gasteiger partial charge in [0.2, 0.25) is 0 Å². The van der Waals surface area contributed by atoms with Gasteiger partial charge in [0.25, 0.3) is 0 Å². The van der Waals surface area contributed by atoms with Crippen molar-refractivity contribution in [2.24, 2.45) is 5.92 Å². The second-order valence-electron chi connectivity index (χ2n) is 5.66. The summed E-state index contributed by atoms with van der Waals surface area (Å²) in [6, 6.07) is 0. The summed E-state index contributed by atoms with van der Waals surface area (Å²) in [6.07, 6.45) is 9.76. The molecule has 0 aromatic rings. The lowest BCUT2D eigenvalue weighted by Gasteiger charge is -2.12. The van der Waals surface area contributed by atoms with Gasteiger partial charge in [0.15, 0.2) is 5.78 Å². The van der Waals surface area contributed by atoms with Crippen LogP contribution in [0.2, 0.25) is 0 Å². The van der Waals surface area contributed by atoms with Gasteiger partial charge in [-0.05, 0) is 54.7 Å². The SMILES string of the molecule is BC(=C(\CCCCCCC)C(C)=O)/C(=C/Br)C1CC1. The number of hydrogen-bond acceptors (Lipinski definition) is 1. The highest BCUT2D eigenvalue weighted by Gasteiger charge is 2.27. The van der Waals surface area contributed by atoms with Crippen LogP contribution in [-0.2, 0) is 4.79 Å². The summed E-state index contributed by atoms with van der Waals surface area (Å²) in [4.78, 5) is 13.9. The summed E-state index contributed by atoms with van der Waals surface area (Å²) in [5, 5.41) is 0. The van der Waals surface area contributed by atoms with Crippen molar-refractivity contribution in [1.29, 1.82) is 0 Å². The Kier molecular flexibility index (Phi) is 7.74. The Morgan fingerprint density at radius 2 is 1.89 bits per heavy atom. The molecule has 0 atom stereocenters. The first-order chi connectivity index (χ1) is 9.11. The molecule has 3 heteroatoms. The van der Waals surface area contributed by atoms with Gasteiger partial charge in [0.05, 0.1) is 0 Å². The Labute approximate surface area is 127 Å². The number of carbonyl (C=O) groups excluding carboxylic acids is 1. The monoisotopic (exact) mass is 324 g/mol. The van der Waals surface area contributed by atoms with Crippen molar-refractivity contribution in [3.05, 3.63) is 21.6 Å². The van der Waals surface area contributed by atoms with Gasteiger partial charge in [-0.25, -0.2) is 0 Å². The van der Waals surface area contributed by atoms with Crippen LogP contribution in [0, 0.1) is 5.92 Å². The molecule has 0 aliphatic heterocycles. The second kappa shape index (κ2) is 8.78. The van der Waals surface area contributed by atoms with E-state index in [0.29, 0.717) is 5.92 Å². The van der Waals surface area contributed by atoms with E-state index >= 15 is 0 Å². The van der Waals surface area contributed by atoms with Crippen molar-refractivity contribution in [2.75, 3.05) is 0 Å². The third-order valence-corrected chi connectivity index (χ3v) is 4.47. The average Bonchev–Trinajstić information content (AvgIpc) is 3.18. The molecule has 0 N–H and O–H groups in total. The summed E-state index contributed by atoms with van der Waals surface area (Å²) in [5.74, 6) is 0.939. The molecule has 0 saturated heterocycles. The van der Waals surface area contributed by atoms with E-state index < -0.39 is 0 Å². The molecule has 1 aliphatic rings. The Morgan fingerprint density at radius 1 is 1.26 bits per heavy atom. The van der Waals surface area contributed by atoms with E-state index in [0.717, 1.165) is 18.4 Å². The fourth-order valence-electron chi connectivity index (χ4n) is 2.58. The lowest BCUT2D eigenvalue weighted by Crippen LogP contribution is -2.05. The maximum absolute atomic E-state index is 11.9. The molecule has 0 unspecified atom stereocenters. The van der Waals surface area contributed by atoms with E-state index in [9.17, 15) is 4.79 Å². The summed E-state index contributed by atoms with van der Waals surface area (Å²) >= 11 is 3.47. The normalized spacial score (nSPS) is 17.3. The first-order valence-corrected chi connectivity index (χ1v) is 8.54. The van der Waals surface area contributed by atoms with Crippen LogP contribution in [0.4, 0.5) is 0 Å². The van der Waals surface area contributed by atoms with Gasteiger partial charge in [-0.3, -0.25) is 4.79 Å². The molecule has 0 bridgehead atoms. The van der Waals surface area contributed by atoms with Crippen molar-refractivity contribution in [2.45, 2.75) is 65.2 Å². The zero-order valence-electron chi connectivity index (χ0n) is 12.6. The van der Waals surface area contributed by atoms with Gasteiger partial charge < -0.3 is 0 Å². The van der Waals surface area contributed by atoms with Crippen molar-refractivity contribution in [3.63, 3.8) is 0 Å². The second-order valence-corrected chi connectivity index (χ2v) is 6.12. The minimum atomic E-state index is 0.250. The molecule has 1 fully saturated rings. The summed E-state index contributed by atoms with van der Waals surface area (Å²) < 4.78 is 0. The van der Waals surface area contributed by atoms with Gasteiger partial charge in [0, 0.05) is 0 Å². The van der Waals surface area contributed by atoms with E-state index in [-0.39, 0.29) is 5.78 Å². The molecule has 0 amide bonds. The molecule has 0 aromatic heterocycles. The smallest absolute Gasteiger partial charge is 0.155 e. The molecule has 19 heavy (non-hydrogen) atoms. The zero-order chi connectivity index (χ0) is 14.3. The Balaban J connectivity index is 2.61. The number of rotatable bonds is 9. The summed E-state index contributed by atoms with van der Waals surface area (Å²) in [5.41, 5.74) is 3.62. The fraction of sp³-hybridized carbons (Fsp3) is 0.688. The number of carbonyl (C=O) groups is 1. The maximum atomic E-state index is 11.9. The van der Waals surface area contributed by atoms with Crippen molar-refractivity contribution >= 4 is 29.6 Å². The number of allylic oxidation sites excluding steroid dienone is 3. The first kappa shape index (κ1) is 16.7. The number of halogens is 1. The molecule has 106 valence electrons. The van der Waals surface area contributed by atoms with Gasteiger partial charge >= 0.3 is 0 Å². The van der Waals surface area contributed by atoms with Crippen molar-refractivity contribution in [1.82, 2.24) is 0 Å². The third kappa shape index (κ3) is 5.68. The largest absolute Gasteiger partial charge is 0.295 e. The molecule has 0 aromatic carbocycles. The predicted molar refractivity (Wildman–Crippen MR) is 89.4 cm³/mol. The number of unbranched alkanes of at least 4 members (excludes halogenated alkanes) is 4. The number of hydrogen-bond donors (Lipinski definition) is 0. The highest BCUT2D eigenvalue weighted by atomic mass is 79.9. The van der Waals surface area contributed by atoms with Crippen LogP contribution in [0.5, 0.6) is 0 Å². The molecule has 1 aliphatic carbocycles. The lowest BCUT2D eigenvalue weighted by atomic mass is 9.79. The van der Waals surface area contributed by atoms with E-state index in [4.69, 9.17) is 0 Å². The standard InChI is InChI=1S/C16H26BBrO/c1-3-4-5-6-7-8-14(12(2)19)16(17)15(11-18)13-9-10-13/h11,13H,3-10,17H2,1-2H3/b15-11+,16-14+. The highest BCUT2D eigenvalue weighted by molar-refractivity contribution is 9.11. The topological polar surface area (TPSA) is 17.1 Å². The molecule has 1 saturated carbocycles. The molecule has 0 spiro atoms. The van der Waals surface area contributed by atoms with Crippen LogP contribution in [0.15, 0.2) is 21.6 Å². The zero-order valence-corrected chi connectivity index (χ0v) is 14.2. The fourth-order valence-corrected chi connectivity index (χ4v) is 3.30. The molecule has 0 radical (unpaired) electrons. The Morgan fingerprint density at radius 3 is 2.37 bits per heavy atom. The van der Waals surface area contributed by atoms with Crippen LogP contribution >= 0.6 is 15.9 Å². The first-order valence-electron chi connectivity index (χ1n) is 7.63. The maximum Gasteiger partial charge on any atom is 0.155 e. The number of ketones is 1. The van der Waals surface area contributed by atoms with Crippen LogP contribution in [-0.4, -0.2) is 13.6 Å². The van der Waals surface area contributed by atoms with E-state index in [1.54, 1.807) is 6.92 Å². The lowest BCUT2D eigenvalue weighted by molar-refractivity contribution is -0.113. The average molecular weight is 325 g/mol. The summed E-state index contributed by atoms with van der Waals surface area (Å²) in [7, 11) is 2.12. The molecular formula is C16H26BBrO. The van der Waals surface area contributed by atoms with Crippen molar-refractivity contribution < 1.29 is 4.79 Å². The van der Waals surface area contributed by atoms with Crippen LogP contribution in [0.3, 0.4) is 0 Å². The minimum absolute atomic E-state index is 0.250. The van der Waals surface area contributed by atoms with Crippen molar-refractivity contribution in [3.8, 4) is 0 Å². The predicted octanol–water partition coefficient (Wildman–Crippen LogP) is 4.51. The van der Waals surface area contributed by atoms with E-state index in [1.807, 2.05) is 4.99 Å². The van der Waals surface area contributed by atoms with Gasteiger partial charge in [-0.2, -0.15) is 0 Å². The third-order valence-electron chi connectivity index (χ3n) is 3.98. The van der Waals surface area contributed by atoms with Crippen LogP contribution < -0.4 is 0 Å². The molecule has 0 heterocycles. The quantitative estimate of drug-likeness (QED) is 0.264. The van der Waals surface area contributed by atoms with Gasteiger partial charge in [-0.1, -0.05) is 54.0 Å². The van der Waals surface area contributed by atoms with Gasteiger partial charge in [-0.15, -0.1) is 0 Å². The van der Waals surface area contributed by atoms with E-state index in [1.165, 1.54) is 49.6 Å². The minimum Gasteiger partial charge on any atom is -0.295 e. The number of Topliss-reactive ketones (excluding diaryl/α,β-unsaturated/α-hetero) is 1. The van der Waals surface area contributed by atoms with E-state index in [2.05, 4.69) is 30.7 Å². The highest BCUT2D eigenvalue weighted by Crippen LogP contribution is 2.41. The van der Waals surface area contributed by atoms with Crippen LogP contribution in [0.1, 0.15) is 65.2 Å². The summed E-state index contributed by atoms with van der Waals surface area (Å²) in [6.45, 7) is 3.94. The molecular weight excluding hydrogens is 299 g/mol. The Bertz CT molecular complexity index is 367. The van der Waals surface area contributed by atoms with Gasteiger partial charge in [0.1, 0.15) is 7.85 Å². The van der Waals surface area contributed by atoms with Crippen LogP contribution in [0.25, 0.3) is 0 Å². The Hall–Kier alpha value is -0.305. The molecule has 1 rings (SSSR count).